The number of hydrogen-bond donors (Lipinski definition) is 1. The third kappa shape index (κ3) is 3.47. The molecule has 0 aromatic heterocycles. The number of hydrogen-bond acceptors (Lipinski definition) is 1. The maximum absolute atomic E-state index is 12.2. The van der Waals surface area contributed by atoms with Crippen molar-refractivity contribution in [3.8, 4) is 0 Å². The van der Waals surface area contributed by atoms with Crippen LogP contribution in [0.5, 0.6) is 0 Å². The van der Waals surface area contributed by atoms with Gasteiger partial charge >= 0.3 is 0 Å². The van der Waals surface area contributed by atoms with Crippen LogP contribution >= 0.6 is 38.5 Å². The van der Waals surface area contributed by atoms with Crippen LogP contribution in [-0.2, 0) is 0 Å². The molecular weight excluding hydrogens is 405 g/mol. The smallest absolute Gasteiger partial charge is 0.252 e. The topological polar surface area (TPSA) is 29.1 Å². The summed E-state index contributed by atoms with van der Waals surface area (Å²) in [5, 5.41) is 3.13. The van der Waals surface area contributed by atoms with Gasteiger partial charge in [-0.25, -0.2) is 0 Å². The molecule has 0 heterocycles. The van der Waals surface area contributed by atoms with Crippen molar-refractivity contribution in [2.75, 3.05) is 0 Å². The van der Waals surface area contributed by atoms with Crippen LogP contribution in [0.2, 0.25) is 0 Å². The zero-order valence-corrected chi connectivity index (χ0v) is 14.1. The van der Waals surface area contributed by atoms with Gasteiger partial charge in [0, 0.05) is 14.1 Å². The Morgan fingerprint density at radius 1 is 1.44 bits per heavy atom. The van der Waals surface area contributed by atoms with E-state index in [9.17, 15) is 4.79 Å². The lowest BCUT2D eigenvalue weighted by molar-refractivity contribution is 0.0926. The fraction of sp³-hybridized carbons (Fsp3) is 0.500. The van der Waals surface area contributed by atoms with Crippen molar-refractivity contribution < 1.29 is 4.79 Å². The molecule has 0 bridgehead atoms. The molecule has 0 radical (unpaired) electrons. The van der Waals surface area contributed by atoms with E-state index in [4.69, 9.17) is 0 Å². The molecule has 0 saturated heterocycles. The first-order chi connectivity index (χ1) is 8.58. The standard InChI is InChI=1S/C14H17BrINO/c1-9(10-4-2-3-5-10)17-14(18)12-8-11(16)6-7-13(12)15/h6-10H,2-5H2,1H3,(H,17,18). The number of rotatable bonds is 3. The van der Waals surface area contributed by atoms with Crippen molar-refractivity contribution in [1.82, 2.24) is 5.32 Å². The average Bonchev–Trinajstić information content (AvgIpc) is 2.85. The summed E-state index contributed by atoms with van der Waals surface area (Å²) in [6.45, 7) is 2.12. The molecule has 1 aromatic rings. The number of benzene rings is 1. The average molecular weight is 422 g/mol. The van der Waals surface area contributed by atoms with E-state index in [1.807, 2.05) is 18.2 Å². The van der Waals surface area contributed by atoms with Gasteiger partial charge in [-0.15, -0.1) is 0 Å². The van der Waals surface area contributed by atoms with Crippen molar-refractivity contribution in [3.05, 3.63) is 31.8 Å². The van der Waals surface area contributed by atoms with Gasteiger partial charge in [-0.05, 0) is 82.4 Å². The van der Waals surface area contributed by atoms with E-state index in [1.54, 1.807) is 0 Å². The Hall–Kier alpha value is -0.100. The van der Waals surface area contributed by atoms with E-state index >= 15 is 0 Å². The summed E-state index contributed by atoms with van der Waals surface area (Å²) in [5.41, 5.74) is 0.728. The highest BCUT2D eigenvalue weighted by atomic mass is 127. The lowest BCUT2D eigenvalue weighted by Gasteiger charge is -2.20. The predicted molar refractivity (Wildman–Crippen MR) is 85.7 cm³/mol. The minimum atomic E-state index is 0.0276. The summed E-state index contributed by atoms with van der Waals surface area (Å²) >= 11 is 5.67. The van der Waals surface area contributed by atoms with E-state index < -0.39 is 0 Å². The molecule has 1 aromatic carbocycles. The summed E-state index contributed by atoms with van der Waals surface area (Å²) in [6, 6.07) is 6.10. The van der Waals surface area contributed by atoms with E-state index in [-0.39, 0.29) is 11.9 Å². The van der Waals surface area contributed by atoms with Gasteiger partial charge in [-0.3, -0.25) is 4.79 Å². The highest BCUT2D eigenvalue weighted by Crippen LogP contribution is 2.28. The first-order valence-corrected chi connectivity index (χ1v) is 8.21. The number of nitrogens with one attached hydrogen (secondary N) is 1. The lowest BCUT2D eigenvalue weighted by atomic mass is 9.99. The van der Waals surface area contributed by atoms with Gasteiger partial charge in [0.1, 0.15) is 0 Å². The molecular formula is C14H17BrINO. The van der Waals surface area contributed by atoms with Crippen LogP contribution in [0.1, 0.15) is 43.0 Å². The molecule has 1 atom stereocenters. The molecule has 2 nitrogen and oxygen atoms in total. The monoisotopic (exact) mass is 421 g/mol. The van der Waals surface area contributed by atoms with E-state index in [1.165, 1.54) is 25.7 Å². The Morgan fingerprint density at radius 2 is 2.11 bits per heavy atom. The first kappa shape index (κ1) is 14.3. The highest BCUT2D eigenvalue weighted by Gasteiger charge is 2.23. The van der Waals surface area contributed by atoms with Crippen LogP contribution in [-0.4, -0.2) is 11.9 Å². The van der Waals surface area contributed by atoms with Crippen LogP contribution in [0, 0.1) is 9.49 Å². The van der Waals surface area contributed by atoms with E-state index in [2.05, 4.69) is 50.8 Å². The Balaban J connectivity index is 2.04. The van der Waals surface area contributed by atoms with Crippen LogP contribution in [0.4, 0.5) is 0 Å². The SMILES string of the molecule is CC(NC(=O)c1cc(I)ccc1Br)C1CCCC1. The van der Waals surface area contributed by atoms with Crippen molar-refractivity contribution in [2.45, 2.75) is 38.6 Å². The molecule has 1 aliphatic rings. The molecule has 2 rings (SSSR count). The van der Waals surface area contributed by atoms with Gasteiger partial charge in [-0.1, -0.05) is 12.8 Å². The third-order valence-corrected chi connectivity index (χ3v) is 5.00. The molecule has 0 spiro atoms. The number of carbonyl (C=O) groups is 1. The second-order valence-electron chi connectivity index (χ2n) is 4.93. The minimum absolute atomic E-state index is 0.0276. The van der Waals surface area contributed by atoms with Crippen molar-refractivity contribution >= 4 is 44.4 Å². The maximum atomic E-state index is 12.2. The summed E-state index contributed by atoms with van der Waals surface area (Å²) < 4.78 is 1.94. The summed E-state index contributed by atoms with van der Waals surface area (Å²) in [4.78, 5) is 12.2. The van der Waals surface area contributed by atoms with Gasteiger partial charge in [-0.2, -0.15) is 0 Å². The lowest BCUT2D eigenvalue weighted by Crippen LogP contribution is -2.37. The van der Waals surface area contributed by atoms with Crippen LogP contribution in [0.3, 0.4) is 0 Å². The zero-order chi connectivity index (χ0) is 13.1. The summed E-state index contributed by atoms with van der Waals surface area (Å²) in [5.74, 6) is 0.676. The highest BCUT2D eigenvalue weighted by molar-refractivity contribution is 14.1. The van der Waals surface area contributed by atoms with E-state index in [0.29, 0.717) is 5.92 Å². The predicted octanol–water partition coefficient (Wildman–Crippen LogP) is 4.36. The Labute approximate surface area is 130 Å². The molecule has 1 amide bonds. The second-order valence-corrected chi connectivity index (χ2v) is 7.03. The molecule has 1 fully saturated rings. The van der Waals surface area contributed by atoms with Gasteiger partial charge in [0.05, 0.1) is 5.56 Å². The molecule has 1 saturated carbocycles. The molecule has 1 aliphatic carbocycles. The Morgan fingerprint density at radius 3 is 2.78 bits per heavy atom. The molecule has 98 valence electrons. The van der Waals surface area contributed by atoms with Gasteiger partial charge in [0.15, 0.2) is 0 Å². The Kier molecular flexibility index (Phi) is 5.06. The van der Waals surface area contributed by atoms with E-state index in [0.717, 1.165) is 13.6 Å². The summed E-state index contributed by atoms with van der Waals surface area (Å²) in [6.07, 6.45) is 5.10. The number of halogens is 2. The Bertz CT molecular complexity index is 443. The van der Waals surface area contributed by atoms with Gasteiger partial charge in [0.2, 0.25) is 0 Å². The van der Waals surface area contributed by atoms with Crippen LogP contribution in [0.15, 0.2) is 22.7 Å². The molecule has 18 heavy (non-hydrogen) atoms. The third-order valence-electron chi connectivity index (χ3n) is 3.64. The van der Waals surface area contributed by atoms with Crippen molar-refractivity contribution in [2.24, 2.45) is 5.92 Å². The zero-order valence-electron chi connectivity index (χ0n) is 10.4. The molecule has 0 aliphatic heterocycles. The number of carbonyl (C=O) groups excluding carboxylic acids is 1. The fourth-order valence-electron chi connectivity index (χ4n) is 2.53. The van der Waals surface area contributed by atoms with Gasteiger partial charge in [0.25, 0.3) is 5.91 Å². The first-order valence-electron chi connectivity index (χ1n) is 6.34. The minimum Gasteiger partial charge on any atom is -0.349 e. The van der Waals surface area contributed by atoms with Crippen molar-refractivity contribution in [1.29, 1.82) is 0 Å². The molecule has 4 heteroatoms. The normalized spacial score (nSPS) is 17.7. The van der Waals surface area contributed by atoms with Crippen molar-refractivity contribution in [3.63, 3.8) is 0 Å². The van der Waals surface area contributed by atoms with Gasteiger partial charge < -0.3 is 5.32 Å². The number of amides is 1. The second kappa shape index (κ2) is 6.37. The maximum Gasteiger partial charge on any atom is 0.252 e. The largest absolute Gasteiger partial charge is 0.349 e. The fourth-order valence-corrected chi connectivity index (χ4v) is 3.45. The quantitative estimate of drug-likeness (QED) is 0.721. The summed E-state index contributed by atoms with van der Waals surface area (Å²) in [7, 11) is 0. The molecule has 1 unspecified atom stereocenters. The van der Waals surface area contributed by atoms with Crippen LogP contribution < -0.4 is 5.32 Å². The van der Waals surface area contributed by atoms with Crippen LogP contribution in [0.25, 0.3) is 0 Å². The molecule has 1 N–H and O–H groups in total.